The Bertz CT molecular complexity index is 292. The zero-order chi connectivity index (χ0) is 8.97. The van der Waals surface area contributed by atoms with Crippen molar-refractivity contribution in [3.05, 3.63) is 29.8 Å². The van der Waals surface area contributed by atoms with Gasteiger partial charge in [-0.05, 0) is 18.6 Å². The molecule has 2 nitrogen and oxygen atoms in total. The average Bonchev–Trinajstić information content (AvgIpc) is 2.09. The van der Waals surface area contributed by atoms with E-state index >= 15 is 0 Å². The molecular formula is C10H13NO. The minimum Gasteiger partial charge on any atom is -0.443 e. The van der Waals surface area contributed by atoms with Crippen LogP contribution in [0.1, 0.15) is 12.5 Å². The second kappa shape index (κ2) is 3.90. The third-order valence-corrected chi connectivity index (χ3v) is 1.67. The van der Waals surface area contributed by atoms with Gasteiger partial charge < -0.3 is 4.74 Å². The van der Waals surface area contributed by atoms with Gasteiger partial charge in [-0.25, -0.2) is 0 Å². The third kappa shape index (κ3) is 2.09. The Labute approximate surface area is 72.9 Å². The SMILES string of the molecule is CN=C(C)Oc1ccccc1C. The van der Waals surface area contributed by atoms with Crippen LogP contribution in [0.25, 0.3) is 0 Å². The zero-order valence-electron chi connectivity index (χ0n) is 7.66. The fourth-order valence-corrected chi connectivity index (χ4v) is 0.876. The van der Waals surface area contributed by atoms with E-state index in [4.69, 9.17) is 4.74 Å². The topological polar surface area (TPSA) is 21.6 Å². The standard InChI is InChI=1S/C10H13NO/c1-8-6-4-5-7-10(8)12-9(2)11-3/h4-7H,1-3H3. The Morgan fingerprint density at radius 1 is 1.33 bits per heavy atom. The number of aliphatic imine (C=N–C) groups is 1. The van der Waals surface area contributed by atoms with Crippen molar-refractivity contribution in [2.75, 3.05) is 7.05 Å². The number of hydrogen-bond donors (Lipinski definition) is 0. The molecule has 0 aliphatic carbocycles. The summed E-state index contributed by atoms with van der Waals surface area (Å²) >= 11 is 0. The van der Waals surface area contributed by atoms with Crippen molar-refractivity contribution in [2.45, 2.75) is 13.8 Å². The predicted octanol–water partition coefficient (Wildman–Crippen LogP) is 2.42. The van der Waals surface area contributed by atoms with Crippen molar-refractivity contribution in [3.63, 3.8) is 0 Å². The van der Waals surface area contributed by atoms with Crippen molar-refractivity contribution in [1.29, 1.82) is 0 Å². The van der Waals surface area contributed by atoms with E-state index in [-0.39, 0.29) is 0 Å². The molecular weight excluding hydrogens is 150 g/mol. The quantitative estimate of drug-likeness (QED) is 0.460. The highest BCUT2D eigenvalue weighted by Crippen LogP contribution is 2.16. The Morgan fingerprint density at radius 2 is 2.00 bits per heavy atom. The van der Waals surface area contributed by atoms with E-state index in [1.165, 1.54) is 0 Å². The first-order valence-electron chi connectivity index (χ1n) is 3.91. The monoisotopic (exact) mass is 163 g/mol. The lowest BCUT2D eigenvalue weighted by molar-refractivity contribution is 0.541. The van der Waals surface area contributed by atoms with Gasteiger partial charge in [-0.3, -0.25) is 4.99 Å². The molecule has 0 bridgehead atoms. The molecule has 0 spiro atoms. The van der Waals surface area contributed by atoms with Gasteiger partial charge in [0.05, 0.1) is 0 Å². The molecule has 2 heteroatoms. The first kappa shape index (κ1) is 8.78. The van der Waals surface area contributed by atoms with Gasteiger partial charge in [0.25, 0.3) is 0 Å². The maximum atomic E-state index is 5.44. The molecule has 64 valence electrons. The maximum Gasteiger partial charge on any atom is 0.186 e. The van der Waals surface area contributed by atoms with Gasteiger partial charge in [-0.1, -0.05) is 18.2 Å². The average molecular weight is 163 g/mol. The van der Waals surface area contributed by atoms with E-state index in [9.17, 15) is 0 Å². The van der Waals surface area contributed by atoms with Gasteiger partial charge in [-0.15, -0.1) is 0 Å². The lowest BCUT2D eigenvalue weighted by Gasteiger charge is -2.06. The Hall–Kier alpha value is -1.31. The molecule has 0 radical (unpaired) electrons. The summed E-state index contributed by atoms with van der Waals surface area (Å²) in [5.41, 5.74) is 1.13. The highest BCUT2D eigenvalue weighted by Gasteiger charge is 1.97. The van der Waals surface area contributed by atoms with E-state index in [1.54, 1.807) is 7.05 Å². The molecule has 0 amide bonds. The summed E-state index contributed by atoms with van der Waals surface area (Å²) in [6.07, 6.45) is 0. The number of hydrogen-bond acceptors (Lipinski definition) is 2. The highest BCUT2D eigenvalue weighted by atomic mass is 16.5. The van der Waals surface area contributed by atoms with Crippen LogP contribution in [0.2, 0.25) is 0 Å². The predicted molar refractivity (Wildman–Crippen MR) is 50.8 cm³/mol. The molecule has 1 aromatic carbocycles. The molecule has 0 saturated heterocycles. The summed E-state index contributed by atoms with van der Waals surface area (Å²) in [4.78, 5) is 3.92. The molecule has 0 aliphatic rings. The van der Waals surface area contributed by atoms with E-state index in [1.807, 2.05) is 38.1 Å². The Morgan fingerprint density at radius 3 is 2.58 bits per heavy atom. The molecule has 0 aliphatic heterocycles. The number of para-hydroxylation sites is 1. The lowest BCUT2D eigenvalue weighted by atomic mass is 10.2. The third-order valence-electron chi connectivity index (χ3n) is 1.67. The van der Waals surface area contributed by atoms with Crippen LogP contribution in [-0.4, -0.2) is 12.9 Å². The second-order valence-corrected chi connectivity index (χ2v) is 2.61. The summed E-state index contributed by atoms with van der Waals surface area (Å²) in [6, 6.07) is 7.88. The van der Waals surface area contributed by atoms with E-state index < -0.39 is 0 Å². The largest absolute Gasteiger partial charge is 0.443 e. The summed E-state index contributed by atoms with van der Waals surface area (Å²) < 4.78 is 5.44. The van der Waals surface area contributed by atoms with Crippen molar-refractivity contribution in [1.82, 2.24) is 0 Å². The van der Waals surface area contributed by atoms with Crippen LogP contribution in [0.5, 0.6) is 5.75 Å². The molecule has 0 heterocycles. The Balaban J connectivity index is 2.82. The molecule has 0 saturated carbocycles. The van der Waals surface area contributed by atoms with Gasteiger partial charge >= 0.3 is 0 Å². The van der Waals surface area contributed by atoms with Crippen molar-refractivity contribution in [2.24, 2.45) is 4.99 Å². The fourth-order valence-electron chi connectivity index (χ4n) is 0.876. The lowest BCUT2D eigenvalue weighted by Crippen LogP contribution is -2.03. The molecule has 0 N–H and O–H groups in total. The van der Waals surface area contributed by atoms with Gasteiger partial charge in [0, 0.05) is 14.0 Å². The van der Waals surface area contributed by atoms with Gasteiger partial charge in [0.15, 0.2) is 5.90 Å². The number of nitrogens with zero attached hydrogens (tertiary/aromatic N) is 1. The number of benzene rings is 1. The van der Waals surface area contributed by atoms with Crippen LogP contribution in [0.3, 0.4) is 0 Å². The van der Waals surface area contributed by atoms with Crippen molar-refractivity contribution < 1.29 is 4.74 Å². The van der Waals surface area contributed by atoms with Crippen molar-refractivity contribution in [3.8, 4) is 5.75 Å². The van der Waals surface area contributed by atoms with E-state index in [0.29, 0.717) is 5.90 Å². The van der Waals surface area contributed by atoms with Crippen molar-refractivity contribution >= 4 is 5.90 Å². The first-order chi connectivity index (χ1) is 5.74. The number of ether oxygens (including phenoxy) is 1. The molecule has 12 heavy (non-hydrogen) atoms. The maximum absolute atomic E-state index is 5.44. The highest BCUT2D eigenvalue weighted by molar-refractivity contribution is 5.75. The summed E-state index contributed by atoms with van der Waals surface area (Å²) in [5.74, 6) is 1.56. The second-order valence-electron chi connectivity index (χ2n) is 2.61. The summed E-state index contributed by atoms with van der Waals surface area (Å²) in [7, 11) is 1.72. The number of rotatable bonds is 1. The molecule has 0 aromatic heterocycles. The van der Waals surface area contributed by atoms with Crippen LogP contribution in [-0.2, 0) is 0 Å². The zero-order valence-corrected chi connectivity index (χ0v) is 7.66. The molecule has 1 rings (SSSR count). The minimum atomic E-state index is 0.685. The van der Waals surface area contributed by atoms with Crippen LogP contribution in [0.4, 0.5) is 0 Å². The van der Waals surface area contributed by atoms with E-state index in [2.05, 4.69) is 4.99 Å². The normalized spacial score (nSPS) is 11.4. The van der Waals surface area contributed by atoms with Crippen LogP contribution in [0.15, 0.2) is 29.3 Å². The van der Waals surface area contributed by atoms with Gasteiger partial charge in [0.1, 0.15) is 5.75 Å². The first-order valence-corrected chi connectivity index (χ1v) is 3.91. The Kier molecular flexibility index (Phi) is 2.86. The van der Waals surface area contributed by atoms with E-state index in [0.717, 1.165) is 11.3 Å². The molecule has 0 atom stereocenters. The van der Waals surface area contributed by atoms with Gasteiger partial charge in [-0.2, -0.15) is 0 Å². The minimum absolute atomic E-state index is 0.685. The smallest absolute Gasteiger partial charge is 0.186 e. The van der Waals surface area contributed by atoms with Gasteiger partial charge in [0.2, 0.25) is 0 Å². The van der Waals surface area contributed by atoms with Crippen LogP contribution >= 0.6 is 0 Å². The van der Waals surface area contributed by atoms with Crippen LogP contribution < -0.4 is 4.74 Å². The summed E-state index contributed by atoms with van der Waals surface area (Å²) in [5, 5.41) is 0. The summed E-state index contributed by atoms with van der Waals surface area (Å²) in [6.45, 7) is 3.85. The molecule has 1 aromatic rings. The molecule has 0 unspecified atom stereocenters. The molecule has 0 fully saturated rings. The van der Waals surface area contributed by atoms with Crippen LogP contribution in [0, 0.1) is 6.92 Å². The number of aryl methyl sites for hydroxylation is 1. The fraction of sp³-hybridized carbons (Fsp3) is 0.300.